The smallest absolute Gasteiger partial charge is 0.269 e. The molecule has 1 atom stereocenters. The molecule has 2 aliphatic rings. The van der Waals surface area contributed by atoms with E-state index in [1.165, 1.54) is 6.08 Å². The molecule has 8 heteroatoms. The normalized spacial score (nSPS) is 19.7. The highest BCUT2D eigenvalue weighted by molar-refractivity contribution is 6.29. The van der Waals surface area contributed by atoms with Crippen molar-refractivity contribution < 1.29 is 14.3 Å². The first-order valence-corrected chi connectivity index (χ1v) is 9.75. The van der Waals surface area contributed by atoms with E-state index in [9.17, 15) is 9.59 Å². The minimum Gasteiger partial charge on any atom is -0.369 e. The Kier molecular flexibility index (Phi) is 5.10. The number of hydrogen-bond acceptors (Lipinski definition) is 5. The van der Waals surface area contributed by atoms with E-state index >= 15 is 0 Å². The topological polar surface area (TPSA) is 84.4 Å². The van der Waals surface area contributed by atoms with Gasteiger partial charge in [-0.25, -0.2) is 4.98 Å². The molecular formula is C21H21ClN4O3. The van der Waals surface area contributed by atoms with E-state index in [4.69, 9.17) is 16.3 Å². The highest BCUT2D eigenvalue weighted by Gasteiger charge is 2.53. The van der Waals surface area contributed by atoms with Gasteiger partial charge in [0.25, 0.3) is 5.91 Å². The molecule has 1 N–H and O–H groups in total. The summed E-state index contributed by atoms with van der Waals surface area (Å²) in [5.41, 5.74) is 2.26. The van der Waals surface area contributed by atoms with Crippen molar-refractivity contribution in [3.63, 3.8) is 0 Å². The van der Waals surface area contributed by atoms with Gasteiger partial charge in [-0.3, -0.25) is 14.6 Å². The first-order chi connectivity index (χ1) is 14.0. The monoisotopic (exact) mass is 412 g/mol. The summed E-state index contributed by atoms with van der Waals surface area (Å²) in [6.45, 7) is 4.55. The lowest BCUT2D eigenvalue weighted by Crippen LogP contribution is -2.51. The van der Waals surface area contributed by atoms with Crippen molar-refractivity contribution in [2.45, 2.75) is 24.5 Å². The van der Waals surface area contributed by atoms with E-state index in [-0.39, 0.29) is 23.5 Å². The lowest BCUT2D eigenvalue weighted by molar-refractivity contribution is -0.142. The molecule has 2 fully saturated rings. The number of nitrogens with zero attached hydrogens (tertiary/aromatic N) is 3. The number of halogens is 1. The van der Waals surface area contributed by atoms with Crippen molar-refractivity contribution in [2.75, 3.05) is 20.2 Å². The molecule has 3 heterocycles. The number of morpholine rings is 1. The van der Waals surface area contributed by atoms with Crippen LogP contribution in [0.25, 0.3) is 11.3 Å². The zero-order valence-electron chi connectivity index (χ0n) is 16.0. The van der Waals surface area contributed by atoms with Gasteiger partial charge in [0.2, 0.25) is 5.91 Å². The second-order valence-corrected chi connectivity index (χ2v) is 7.68. The fraction of sp³-hybridized carbons (Fsp3) is 0.333. The van der Waals surface area contributed by atoms with Gasteiger partial charge < -0.3 is 15.0 Å². The zero-order chi connectivity index (χ0) is 20.6. The van der Waals surface area contributed by atoms with Crippen LogP contribution in [0.5, 0.6) is 0 Å². The summed E-state index contributed by atoms with van der Waals surface area (Å²) in [6.07, 6.45) is 4.48. The number of carbonyl (C=O) groups is 2. The van der Waals surface area contributed by atoms with Gasteiger partial charge in [0.1, 0.15) is 17.0 Å². The Morgan fingerprint density at radius 3 is 2.86 bits per heavy atom. The molecule has 0 radical (unpaired) electrons. The van der Waals surface area contributed by atoms with Crippen molar-refractivity contribution in [2.24, 2.45) is 0 Å². The number of aromatic nitrogens is 2. The van der Waals surface area contributed by atoms with E-state index in [1.807, 2.05) is 11.0 Å². The molecule has 1 unspecified atom stereocenters. The summed E-state index contributed by atoms with van der Waals surface area (Å²) in [5.74, 6) is -0.362. The Bertz CT molecular complexity index is 990. The van der Waals surface area contributed by atoms with Crippen molar-refractivity contribution in [3.8, 4) is 11.3 Å². The molecule has 2 amide bonds. The average Bonchev–Trinajstić information content (AvgIpc) is 3.52. The highest BCUT2D eigenvalue weighted by atomic mass is 35.5. The number of carbonyl (C=O) groups excluding carboxylic acids is 2. The second kappa shape index (κ2) is 7.57. The van der Waals surface area contributed by atoms with Crippen LogP contribution in [0.1, 0.15) is 35.0 Å². The van der Waals surface area contributed by atoms with Crippen molar-refractivity contribution in [1.82, 2.24) is 20.2 Å². The zero-order valence-corrected chi connectivity index (χ0v) is 16.8. The van der Waals surface area contributed by atoms with Crippen molar-refractivity contribution >= 4 is 23.4 Å². The first kappa shape index (κ1) is 19.5. The van der Waals surface area contributed by atoms with Crippen LogP contribution in [0.15, 0.2) is 43.1 Å². The van der Waals surface area contributed by atoms with Crippen LogP contribution in [0, 0.1) is 0 Å². The van der Waals surface area contributed by atoms with Crippen molar-refractivity contribution in [1.29, 1.82) is 0 Å². The Labute approximate surface area is 173 Å². The van der Waals surface area contributed by atoms with Crippen LogP contribution in [0.2, 0.25) is 5.15 Å². The minimum atomic E-state index is -0.315. The van der Waals surface area contributed by atoms with E-state index in [2.05, 4.69) is 21.9 Å². The summed E-state index contributed by atoms with van der Waals surface area (Å²) in [4.78, 5) is 34.6. The maximum Gasteiger partial charge on any atom is 0.269 e. The number of rotatable bonds is 4. The van der Waals surface area contributed by atoms with E-state index in [0.29, 0.717) is 29.7 Å². The third kappa shape index (κ3) is 3.75. The minimum absolute atomic E-state index is 0.0828. The van der Waals surface area contributed by atoms with Gasteiger partial charge in [-0.05, 0) is 48.7 Å². The molecule has 1 aliphatic heterocycles. The third-order valence-corrected chi connectivity index (χ3v) is 5.64. The van der Waals surface area contributed by atoms with Gasteiger partial charge in [-0.2, -0.15) is 0 Å². The summed E-state index contributed by atoms with van der Waals surface area (Å²) in [5, 5.41) is 2.87. The molecule has 1 spiro atoms. The van der Waals surface area contributed by atoms with Gasteiger partial charge in [0.15, 0.2) is 0 Å². The molecule has 29 heavy (non-hydrogen) atoms. The second-order valence-electron chi connectivity index (χ2n) is 7.29. The number of pyridine rings is 2. The molecular weight excluding hydrogens is 392 g/mol. The van der Waals surface area contributed by atoms with Crippen LogP contribution in [0.4, 0.5) is 0 Å². The molecule has 1 saturated heterocycles. The predicted molar refractivity (Wildman–Crippen MR) is 108 cm³/mol. The summed E-state index contributed by atoms with van der Waals surface area (Å²) in [6, 6.07) is 7.05. The maximum atomic E-state index is 12.4. The molecule has 4 rings (SSSR count). The summed E-state index contributed by atoms with van der Waals surface area (Å²) in [7, 11) is 1.55. The lowest BCUT2D eigenvalue weighted by atomic mass is 10.0. The number of hydrogen-bond donors (Lipinski definition) is 1. The van der Waals surface area contributed by atoms with E-state index < -0.39 is 0 Å². The number of nitrogens with one attached hydrogen (secondary N) is 1. The quantitative estimate of drug-likeness (QED) is 0.616. The predicted octanol–water partition coefficient (Wildman–Crippen LogP) is 2.78. The van der Waals surface area contributed by atoms with Crippen LogP contribution in [-0.4, -0.2) is 52.4 Å². The Balaban J connectivity index is 1.65. The van der Waals surface area contributed by atoms with E-state index in [1.54, 1.807) is 31.4 Å². The first-order valence-electron chi connectivity index (χ1n) is 9.37. The van der Waals surface area contributed by atoms with E-state index in [0.717, 1.165) is 24.0 Å². The molecule has 2 aromatic heterocycles. The van der Waals surface area contributed by atoms with Crippen LogP contribution in [-0.2, 0) is 9.53 Å². The number of amides is 2. The van der Waals surface area contributed by atoms with Crippen molar-refractivity contribution in [3.05, 3.63) is 59.5 Å². The lowest BCUT2D eigenvalue weighted by Gasteiger charge is -2.40. The average molecular weight is 413 g/mol. The standard InChI is InChI=1S/C21H21ClN4O3/c1-3-19(27)26-11-17(29-12-21(26)5-6-21)14-9-15(25-18(22)10-14)13-4-7-24-16(8-13)20(28)23-2/h3-4,7-10,17H,1,5-6,11-12H2,2H3,(H,23,28). The Morgan fingerprint density at radius 2 is 2.17 bits per heavy atom. The summed E-state index contributed by atoms with van der Waals surface area (Å²) < 4.78 is 6.10. The maximum absolute atomic E-state index is 12.4. The van der Waals surface area contributed by atoms with Gasteiger partial charge in [-0.1, -0.05) is 18.2 Å². The van der Waals surface area contributed by atoms with Gasteiger partial charge in [0.05, 0.1) is 24.4 Å². The fourth-order valence-electron chi connectivity index (χ4n) is 3.63. The third-order valence-electron chi connectivity index (χ3n) is 5.45. The molecule has 1 saturated carbocycles. The Morgan fingerprint density at radius 1 is 1.38 bits per heavy atom. The SMILES string of the molecule is C=CC(=O)N1CC(c2cc(Cl)nc(-c3ccnc(C(=O)NC)c3)c2)OCC12CC2. The molecule has 0 aromatic carbocycles. The molecule has 2 aromatic rings. The molecule has 7 nitrogen and oxygen atoms in total. The van der Waals surface area contributed by atoms with Gasteiger partial charge in [-0.15, -0.1) is 0 Å². The van der Waals surface area contributed by atoms with Gasteiger partial charge in [0, 0.05) is 18.8 Å². The highest BCUT2D eigenvalue weighted by Crippen LogP contribution is 2.47. The molecule has 1 aliphatic carbocycles. The number of ether oxygens (including phenoxy) is 1. The Hall–Kier alpha value is -2.77. The largest absolute Gasteiger partial charge is 0.369 e. The summed E-state index contributed by atoms with van der Waals surface area (Å²) >= 11 is 6.29. The van der Waals surface area contributed by atoms with Gasteiger partial charge >= 0.3 is 0 Å². The van der Waals surface area contributed by atoms with Crippen LogP contribution in [0.3, 0.4) is 0 Å². The van der Waals surface area contributed by atoms with Crippen LogP contribution >= 0.6 is 11.6 Å². The molecule has 150 valence electrons. The fourth-order valence-corrected chi connectivity index (χ4v) is 3.85. The molecule has 0 bridgehead atoms. The van der Waals surface area contributed by atoms with Crippen LogP contribution < -0.4 is 5.32 Å².